The van der Waals surface area contributed by atoms with Crippen LogP contribution < -0.4 is 10.5 Å². The Morgan fingerprint density at radius 2 is 2.20 bits per heavy atom. The molecule has 1 aliphatic rings. The van der Waals surface area contributed by atoms with Crippen molar-refractivity contribution in [3.05, 3.63) is 23.0 Å². The molecule has 0 radical (unpaired) electrons. The Morgan fingerprint density at radius 3 is 2.85 bits per heavy atom. The highest BCUT2D eigenvalue weighted by Crippen LogP contribution is 2.25. The summed E-state index contributed by atoms with van der Waals surface area (Å²) in [5.74, 6) is -0.994. The molecule has 112 valence electrons. The quantitative estimate of drug-likeness (QED) is 0.830. The molecule has 1 aliphatic heterocycles. The lowest BCUT2D eigenvalue weighted by Crippen LogP contribution is -2.35. The minimum Gasteiger partial charge on any atom is -0.396 e. The van der Waals surface area contributed by atoms with Crippen LogP contribution in [0, 0.1) is 5.82 Å². The number of nitrogens with one attached hydrogen (secondary N) is 1. The molecule has 1 saturated heterocycles. The highest BCUT2D eigenvalue weighted by molar-refractivity contribution is 7.89. The van der Waals surface area contributed by atoms with Crippen molar-refractivity contribution in [2.45, 2.75) is 30.3 Å². The van der Waals surface area contributed by atoms with Crippen LogP contribution in [0.25, 0.3) is 0 Å². The third-order valence-corrected chi connectivity index (χ3v) is 4.74. The minimum absolute atomic E-state index is 0.0678. The van der Waals surface area contributed by atoms with Crippen molar-refractivity contribution in [3.63, 3.8) is 0 Å². The third-order valence-electron chi connectivity index (χ3n) is 3.10. The van der Waals surface area contributed by atoms with Gasteiger partial charge in [0.15, 0.2) is 5.82 Å². The summed E-state index contributed by atoms with van der Waals surface area (Å²) in [6.45, 7) is 0.721. The molecule has 1 atom stereocenters. The van der Waals surface area contributed by atoms with E-state index in [1.54, 1.807) is 0 Å². The van der Waals surface area contributed by atoms with Crippen molar-refractivity contribution in [2.75, 3.05) is 18.9 Å². The molecule has 0 aliphatic carbocycles. The van der Waals surface area contributed by atoms with E-state index in [9.17, 15) is 12.8 Å². The number of nitrogens with two attached hydrogens (primary N) is 1. The first-order valence-corrected chi connectivity index (χ1v) is 8.12. The van der Waals surface area contributed by atoms with E-state index >= 15 is 0 Å². The smallest absolute Gasteiger partial charge is 0.243 e. The Bertz CT molecular complexity index is 589. The Labute approximate surface area is 122 Å². The summed E-state index contributed by atoms with van der Waals surface area (Å²) in [4.78, 5) is -0.543. The average Bonchev–Trinajstić information content (AvgIpc) is 2.42. The maximum atomic E-state index is 13.8. The number of hydrogen-bond donors (Lipinski definition) is 2. The van der Waals surface area contributed by atoms with Crippen molar-refractivity contribution < 1.29 is 17.5 Å². The first-order valence-electron chi connectivity index (χ1n) is 6.26. The highest BCUT2D eigenvalue weighted by atomic mass is 35.5. The van der Waals surface area contributed by atoms with Crippen molar-refractivity contribution in [2.24, 2.45) is 0 Å². The second kappa shape index (κ2) is 6.26. The zero-order valence-corrected chi connectivity index (χ0v) is 12.3. The predicted octanol–water partition coefficient (Wildman–Crippen LogP) is 1.91. The van der Waals surface area contributed by atoms with E-state index in [4.69, 9.17) is 22.1 Å². The molecular weight excluding hydrogens is 307 g/mol. The largest absolute Gasteiger partial charge is 0.396 e. The Hall–Kier alpha value is -0.890. The number of ether oxygens (including phenoxy) is 1. The molecule has 1 fully saturated rings. The number of sulfonamides is 1. The summed E-state index contributed by atoms with van der Waals surface area (Å²) in [6.07, 6.45) is 2.56. The number of anilines is 1. The van der Waals surface area contributed by atoms with Gasteiger partial charge in [0.05, 0.1) is 11.8 Å². The van der Waals surface area contributed by atoms with Gasteiger partial charge in [-0.15, -0.1) is 0 Å². The van der Waals surface area contributed by atoms with Crippen molar-refractivity contribution in [1.82, 2.24) is 4.72 Å². The molecule has 0 amide bonds. The zero-order valence-electron chi connectivity index (χ0n) is 10.7. The summed E-state index contributed by atoms with van der Waals surface area (Å²) in [7, 11) is -4.00. The molecular formula is C12H16ClFN2O3S. The molecule has 1 unspecified atom stereocenters. The number of benzene rings is 1. The molecule has 1 aromatic carbocycles. The first kappa shape index (κ1) is 15.5. The van der Waals surface area contributed by atoms with Crippen LogP contribution in [0.5, 0.6) is 0 Å². The van der Waals surface area contributed by atoms with Crippen molar-refractivity contribution in [1.29, 1.82) is 0 Å². The van der Waals surface area contributed by atoms with E-state index in [0.717, 1.165) is 25.3 Å². The molecule has 0 spiro atoms. The summed E-state index contributed by atoms with van der Waals surface area (Å²) in [5.41, 5.74) is 5.08. The van der Waals surface area contributed by atoms with Gasteiger partial charge in [-0.3, -0.25) is 0 Å². The van der Waals surface area contributed by atoms with Crippen LogP contribution in [-0.4, -0.2) is 27.7 Å². The van der Waals surface area contributed by atoms with E-state index < -0.39 is 20.7 Å². The predicted molar refractivity (Wildman–Crippen MR) is 74.6 cm³/mol. The first-order chi connectivity index (χ1) is 9.40. The summed E-state index contributed by atoms with van der Waals surface area (Å²) in [5, 5.41) is 0.0678. The molecule has 20 heavy (non-hydrogen) atoms. The lowest BCUT2D eigenvalue weighted by atomic mass is 10.1. The summed E-state index contributed by atoms with van der Waals surface area (Å²) >= 11 is 5.71. The fraction of sp³-hybridized carbons (Fsp3) is 0.500. The molecule has 0 bridgehead atoms. The highest BCUT2D eigenvalue weighted by Gasteiger charge is 2.23. The van der Waals surface area contributed by atoms with E-state index in [1.165, 1.54) is 6.07 Å². The fourth-order valence-electron chi connectivity index (χ4n) is 2.03. The van der Waals surface area contributed by atoms with Gasteiger partial charge in [-0.2, -0.15) is 0 Å². The topological polar surface area (TPSA) is 81.4 Å². The SMILES string of the molecule is Nc1cc(Cl)cc(S(=O)(=O)NCC2CCCCO2)c1F. The summed E-state index contributed by atoms with van der Waals surface area (Å²) < 4.78 is 45.7. The zero-order chi connectivity index (χ0) is 14.8. The number of hydrogen-bond acceptors (Lipinski definition) is 4. The van der Waals surface area contributed by atoms with Gasteiger partial charge in [0.1, 0.15) is 4.90 Å². The van der Waals surface area contributed by atoms with Gasteiger partial charge in [-0.05, 0) is 31.4 Å². The maximum Gasteiger partial charge on any atom is 0.243 e. The van der Waals surface area contributed by atoms with Crippen molar-refractivity contribution >= 4 is 27.3 Å². The maximum absolute atomic E-state index is 13.8. The number of halogens is 2. The van der Waals surface area contributed by atoms with Crippen LogP contribution in [0.3, 0.4) is 0 Å². The Balaban J connectivity index is 2.14. The lowest BCUT2D eigenvalue weighted by Gasteiger charge is -2.22. The fourth-order valence-corrected chi connectivity index (χ4v) is 3.52. The van der Waals surface area contributed by atoms with Gasteiger partial charge in [0, 0.05) is 18.2 Å². The Kier molecular flexibility index (Phi) is 4.85. The summed E-state index contributed by atoms with van der Waals surface area (Å²) in [6, 6.07) is 2.21. The molecule has 2 rings (SSSR count). The lowest BCUT2D eigenvalue weighted by molar-refractivity contribution is 0.0200. The molecule has 3 N–H and O–H groups in total. The van der Waals surface area contributed by atoms with Gasteiger partial charge >= 0.3 is 0 Å². The normalized spacial score (nSPS) is 20.0. The van der Waals surface area contributed by atoms with Gasteiger partial charge < -0.3 is 10.5 Å². The number of rotatable bonds is 4. The van der Waals surface area contributed by atoms with E-state index in [2.05, 4.69) is 4.72 Å². The van der Waals surface area contributed by atoms with Crippen LogP contribution in [-0.2, 0) is 14.8 Å². The molecule has 1 heterocycles. The van der Waals surface area contributed by atoms with E-state index in [0.29, 0.717) is 6.61 Å². The average molecular weight is 323 g/mol. The van der Waals surface area contributed by atoms with Crippen LogP contribution in [0.4, 0.5) is 10.1 Å². The van der Waals surface area contributed by atoms with Crippen LogP contribution in [0.1, 0.15) is 19.3 Å². The Morgan fingerprint density at radius 1 is 1.45 bits per heavy atom. The second-order valence-electron chi connectivity index (χ2n) is 4.65. The molecule has 8 heteroatoms. The van der Waals surface area contributed by atoms with Gasteiger partial charge in [0.2, 0.25) is 10.0 Å². The molecule has 0 saturated carbocycles. The van der Waals surface area contributed by atoms with E-state index in [1.807, 2.05) is 0 Å². The van der Waals surface area contributed by atoms with Crippen molar-refractivity contribution in [3.8, 4) is 0 Å². The standard InChI is InChI=1S/C12H16ClFN2O3S/c13-8-5-10(15)12(14)11(6-8)20(17,18)16-7-9-3-1-2-4-19-9/h5-6,9,16H,1-4,7,15H2. The van der Waals surface area contributed by atoms with Gasteiger partial charge in [0.25, 0.3) is 0 Å². The minimum atomic E-state index is -4.00. The monoisotopic (exact) mass is 322 g/mol. The van der Waals surface area contributed by atoms with Gasteiger partial charge in [-0.25, -0.2) is 17.5 Å². The molecule has 1 aromatic rings. The van der Waals surface area contributed by atoms with Crippen LogP contribution >= 0.6 is 11.6 Å². The van der Waals surface area contributed by atoms with Gasteiger partial charge in [-0.1, -0.05) is 11.6 Å². The van der Waals surface area contributed by atoms with Crippen LogP contribution in [0.15, 0.2) is 17.0 Å². The molecule has 0 aromatic heterocycles. The third kappa shape index (κ3) is 3.60. The second-order valence-corrected chi connectivity index (χ2v) is 6.82. The van der Waals surface area contributed by atoms with Crippen LogP contribution in [0.2, 0.25) is 5.02 Å². The molecule has 5 nitrogen and oxygen atoms in total. The number of nitrogen functional groups attached to an aromatic ring is 1. The van der Waals surface area contributed by atoms with E-state index in [-0.39, 0.29) is 23.4 Å².